The van der Waals surface area contributed by atoms with Gasteiger partial charge in [-0.25, -0.2) is 14.6 Å². The Hall–Kier alpha value is -3.76. The van der Waals surface area contributed by atoms with Gasteiger partial charge in [-0.2, -0.15) is 5.26 Å². The van der Waals surface area contributed by atoms with Crippen molar-refractivity contribution >= 4 is 35.3 Å². The van der Waals surface area contributed by atoms with E-state index in [0.717, 1.165) is 23.7 Å². The Morgan fingerprint density at radius 2 is 1.97 bits per heavy atom. The molecular formula is C28H32N6O3S. The number of carbonyl (C=O) groups excluding carboxylic acids is 2. The van der Waals surface area contributed by atoms with Gasteiger partial charge in [0.2, 0.25) is 11.6 Å². The Labute approximate surface area is 227 Å². The van der Waals surface area contributed by atoms with Gasteiger partial charge in [0.1, 0.15) is 27.8 Å². The normalized spacial score (nSPS) is 16.9. The fourth-order valence-electron chi connectivity index (χ4n) is 5.09. The second-order valence-corrected chi connectivity index (χ2v) is 11.9. The van der Waals surface area contributed by atoms with Gasteiger partial charge in [0, 0.05) is 31.6 Å². The Bertz CT molecular complexity index is 1320. The van der Waals surface area contributed by atoms with Gasteiger partial charge < -0.3 is 20.3 Å². The molecule has 0 saturated carbocycles. The number of nitrogens with two attached hydrogens (primary N) is 1. The standard InChI is InChI=1S/C28H32N6O3S/c1-6-19-20(14-29)25(38-22(23(30)35)18-10-8-7-9-11-18)32-24(21(19)31-5)33-13-12-28(15-33)16-34(17-28)26(36)37-27(2,3)4/h7-11,22H,6,12-13,15-17H2,1-4H3,(H2,30,35). The largest absolute Gasteiger partial charge is 0.444 e. The number of benzene rings is 1. The summed E-state index contributed by atoms with van der Waals surface area (Å²) in [5, 5.41) is 9.70. The molecular weight excluding hydrogens is 500 g/mol. The Kier molecular flexibility index (Phi) is 7.57. The summed E-state index contributed by atoms with van der Waals surface area (Å²) in [4.78, 5) is 37.3. The number of hydrogen-bond donors (Lipinski definition) is 1. The van der Waals surface area contributed by atoms with Gasteiger partial charge in [0.05, 0.1) is 12.1 Å². The van der Waals surface area contributed by atoms with Crippen LogP contribution in [0.2, 0.25) is 0 Å². The van der Waals surface area contributed by atoms with Crippen molar-refractivity contribution in [1.29, 1.82) is 5.26 Å². The first-order chi connectivity index (χ1) is 18.0. The quantitative estimate of drug-likeness (QED) is 0.418. The highest BCUT2D eigenvalue weighted by Gasteiger charge is 2.51. The van der Waals surface area contributed by atoms with E-state index < -0.39 is 16.8 Å². The number of amides is 2. The molecule has 1 atom stereocenters. The van der Waals surface area contributed by atoms with Crippen LogP contribution in [0.3, 0.4) is 0 Å². The van der Waals surface area contributed by atoms with Crippen LogP contribution >= 0.6 is 11.8 Å². The molecule has 10 heteroatoms. The number of likely N-dealkylation sites (tertiary alicyclic amines) is 1. The van der Waals surface area contributed by atoms with Gasteiger partial charge in [0.25, 0.3) is 0 Å². The van der Waals surface area contributed by atoms with Gasteiger partial charge in [0.15, 0.2) is 0 Å². The van der Waals surface area contributed by atoms with Crippen molar-refractivity contribution < 1.29 is 14.3 Å². The second-order valence-electron chi connectivity index (χ2n) is 10.8. The molecule has 0 bridgehead atoms. The van der Waals surface area contributed by atoms with E-state index in [0.29, 0.717) is 60.3 Å². The number of nitrogens with zero attached hydrogens (tertiary/aromatic N) is 5. The van der Waals surface area contributed by atoms with Gasteiger partial charge in [-0.15, -0.1) is 0 Å². The lowest BCUT2D eigenvalue weighted by Gasteiger charge is -2.47. The summed E-state index contributed by atoms with van der Waals surface area (Å²) >= 11 is 1.14. The summed E-state index contributed by atoms with van der Waals surface area (Å²) in [6, 6.07) is 11.4. The molecule has 2 fully saturated rings. The maximum Gasteiger partial charge on any atom is 0.410 e. The van der Waals surface area contributed by atoms with E-state index in [2.05, 4.69) is 15.8 Å². The van der Waals surface area contributed by atoms with Crippen LogP contribution in [0, 0.1) is 23.3 Å². The predicted molar refractivity (Wildman–Crippen MR) is 146 cm³/mol. The molecule has 3 heterocycles. The first kappa shape index (κ1) is 27.3. The molecule has 2 amide bonds. The number of rotatable bonds is 6. The molecule has 0 radical (unpaired) electrons. The van der Waals surface area contributed by atoms with Crippen molar-refractivity contribution in [3.8, 4) is 6.07 Å². The number of hydrogen-bond acceptors (Lipinski definition) is 7. The van der Waals surface area contributed by atoms with Crippen molar-refractivity contribution in [2.24, 2.45) is 11.1 Å². The number of anilines is 1. The van der Waals surface area contributed by atoms with Crippen LogP contribution in [0.25, 0.3) is 4.85 Å². The van der Waals surface area contributed by atoms with Crippen LogP contribution in [0.5, 0.6) is 0 Å². The van der Waals surface area contributed by atoms with Crippen molar-refractivity contribution in [1.82, 2.24) is 9.88 Å². The molecule has 0 aliphatic carbocycles. The highest BCUT2D eigenvalue weighted by atomic mass is 32.2. The van der Waals surface area contributed by atoms with Gasteiger partial charge in [-0.1, -0.05) is 49.0 Å². The fourth-order valence-corrected chi connectivity index (χ4v) is 6.15. The average molecular weight is 533 g/mol. The number of primary amides is 1. The number of nitriles is 1. The van der Waals surface area contributed by atoms with Crippen molar-refractivity contribution in [3.63, 3.8) is 0 Å². The number of thioether (sulfide) groups is 1. The highest BCUT2D eigenvalue weighted by molar-refractivity contribution is 8.00. The zero-order chi connectivity index (χ0) is 27.7. The summed E-state index contributed by atoms with van der Waals surface area (Å²) in [7, 11) is 0. The van der Waals surface area contributed by atoms with Crippen LogP contribution in [-0.2, 0) is 16.0 Å². The first-order valence-corrected chi connectivity index (χ1v) is 13.5. The summed E-state index contributed by atoms with van der Waals surface area (Å²) in [5.41, 5.74) is 7.14. The molecule has 198 valence electrons. The molecule has 1 unspecified atom stereocenters. The summed E-state index contributed by atoms with van der Waals surface area (Å²) < 4.78 is 5.51. The Morgan fingerprint density at radius 3 is 2.53 bits per heavy atom. The highest BCUT2D eigenvalue weighted by Crippen LogP contribution is 2.47. The molecule has 2 aliphatic heterocycles. The third-order valence-electron chi connectivity index (χ3n) is 6.83. The predicted octanol–water partition coefficient (Wildman–Crippen LogP) is 4.83. The average Bonchev–Trinajstić information content (AvgIpc) is 3.30. The van der Waals surface area contributed by atoms with Crippen LogP contribution in [-0.4, -0.2) is 53.7 Å². The Morgan fingerprint density at radius 1 is 1.29 bits per heavy atom. The monoisotopic (exact) mass is 532 g/mol. The van der Waals surface area contributed by atoms with E-state index in [-0.39, 0.29) is 11.5 Å². The number of aromatic nitrogens is 1. The molecule has 9 nitrogen and oxygen atoms in total. The zero-order valence-electron chi connectivity index (χ0n) is 22.2. The molecule has 1 aromatic heterocycles. The summed E-state index contributed by atoms with van der Waals surface area (Å²) in [5.74, 6) is -0.0141. The molecule has 1 spiro atoms. The summed E-state index contributed by atoms with van der Waals surface area (Å²) in [6.07, 6.45) is 1.01. The van der Waals surface area contributed by atoms with Gasteiger partial charge in [-0.05, 0) is 44.7 Å². The molecule has 2 aliphatic rings. The minimum Gasteiger partial charge on any atom is -0.444 e. The van der Waals surface area contributed by atoms with E-state index >= 15 is 0 Å². The van der Waals surface area contributed by atoms with Gasteiger partial charge in [-0.3, -0.25) is 4.79 Å². The van der Waals surface area contributed by atoms with Crippen molar-refractivity contribution in [3.05, 3.63) is 58.4 Å². The van der Waals surface area contributed by atoms with E-state index in [1.807, 2.05) is 58.0 Å². The van der Waals surface area contributed by atoms with Crippen LogP contribution < -0.4 is 10.6 Å². The second kappa shape index (κ2) is 10.5. The topological polar surface area (TPSA) is 117 Å². The molecule has 2 aromatic rings. The first-order valence-electron chi connectivity index (χ1n) is 12.6. The lowest BCUT2D eigenvalue weighted by Crippen LogP contribution is -2.60. The molecule has 2 N–H and O–H groups in total. The zero-order valence-corrected chi connectivity index (χ0v) is 23.0. The maximum absolute atomic E-state index is 12.5. The number of carbonyl (C=O) groups is 2. The van der Waals surface area contributed by atoms with Crippen LogP contribution in [0.1, 0.15) is 56.1 Å². The third-order valence-corrected chi connectivity index (χ3v) is 8.09. The number of ether oxygens (including phenoxy) is 1. The molecule has 2 saturated heterocycles. The molecule has 4 rings (SSSR count). The van der Waals surface area contributed by atoms with Crippen molar-refractivity contribution in [2.75, 3.05) is 31.1 Å². The smallest absolute Gasteiger partial charge is 0.410 e. The van der Waals surface area contributed by atoms with Crippen LogP contribution in [0.4, 0.5) is 16.3 Å². The van der Waals surface area contributed by atoms with E-state index in [1.54, 1.807) is 4.90 Å². The minimum absolute atomic E-state index is 0.0920. The van der Waals surface area contributed by atoms with E-state index in [9.17, 15) is 14.9 Å². The van der Waals surface area contributed by atoms with E-state index in [4.69, 9.17) is 22.0 Å². The Balaban J connectivity index is 1.64. The van der Waals surface area contributed by atoms with Crippen molar-refractivity contribution in [2.45, 2.75) is 56.4 Å². The minimum atomic E-state index is -0.730. The molecule has 38 heavy (non-hydrogen) atoms. The number of pyridine rings is 1. The van der Waals surface area contributed by atoms with Gasteiger partial charge >= 0.3 is 6.09 Å². The SMILES string of the molecule is [C-]#[N+]c1c(N2CCC3(CN(C(=O)OC(C)(C)C)C3)C2)nc(SC(C(N)=O)c2ccccc2)c(C#N)c1CC. The third kappa shape index (κ3) is 5.41. The van der Waals surface area contributed by atoms with Crippen LogP contribution in [0.15, 0.2) is 35.4 Å². The fraction of sp³-hybridized carbons (Fsp3) is 0.464. The lowest BCUT2D eigenvalue weighted by atomic mass is 9.79. The summed E-state index contributed by atoms with van der Waals surface area (Å²) in [6.45, 7) is 17.8. The lowest BCUT2D eigenvalue weighted by molar-refractivity contribution is -0.117. The van der Waals surface area contributed by atoms with E-state index in [1.165, 1.54) is 0 Å². The maximum atomic E-state index is 12.5. The molecule has 1 aromatic carbocycles.